The first-order valence-corrected chi connectivity index (χ1v) is 6.65. The van der Waals surface area contributed by atoms with Crippen molar-refractivity contribution in [3.8, 4) is 11.5 Å². The van der Waals surface area contributed by atoms with Gasteiger partial charge < -0.3 is 14.6 Å². The SMILES string of the molecule is COc1ccc(C)cc1COc1ccccc1[C@H](C)O. The van der Waals surface area contributed by atoms with Crippen LogP contribution in [0.15, 0.2) is 42.5 Å². The number of aliphatic hydroxyl groups excluding tert-OH is 1. The van der Waals surface area contributed by atoms with Crippen LogP contribution in [-0.2, 0) is 6.61 Å². The highest BCUT2D eigenvalue weighted by Gasteiger charge is 2.10. The Labute approximate surface area is 119 Å². The zero-order valence-corrected chi connectivity index (χ0v) is 12.1. The molecule has 2 aromatic carbocycles. The van der Waals surface area contributed by atoms with Gasteiger partial charge in [-0.15, -0.1) is 0 Å². The highest BCUT2D eigenvalue weighted by Crippen LogP contribution is 2.27. The first-order chi connectivity index (χ1) is 9.61. The van der Waals surface area contributed by atoms with Gasteiger partial charge in [-0.1, -0.05) is 29.8 Å². The van der Waals surface area contributed by atoms with Crippen molar-refractivity contribution in [3.05, 3.63) is 59.2 Å². The fraction of sp³-hybridized carbons (Fsp3) is 0.294. The number of aryl methyl sites for hydroxylation is 1. The number of aliphatic hydroxyl groups is 1. The summed E-state index contributed by atoms with van der Waals surface area (Å²) >= 11 is 0. The minimum absolute atomic E-state index is 0.411. The average molecular weight is 272 g/mol. The van der Waals surface area contributed by atoms with E-state index in [0.29, 0.717) is 12.4 Å². The molecule has 0 fully saturated rings. The molecule has 3 heteroatoms. The second kappa shape index (κ2) is 6.44. The molecule has 0 unspecified atom stereocenters. The lowest BCUT2D eigenvalue weighted by Crippen LogP contribution is -2.02. The van der Waals surface area contributed by atoms with E-state index in [1.807, 2.05) is 49.4 Å². The second-order valence-corrected chi connectivity index (χ2v) is 4.82. The van der Waals surface area contributed by atoms with Crippen LogP contribution in [-0.4, -0.2) is 12.2 Å². The van der Waals surface area contributed by atoms with E-state index in [9.17, 15) is 5.11 Å². The highest BCUT2D eigenvalue weighted by atomic mass is 16.5. The molecule has 0 aliphatic heterocycles. The Bertz CT molecular complexity index is 576. The van der Waals surface area contributed by atoms with Gasteiger partial charge in [-0.05, 0) is 32.0 Å². The summed E-state index contributed by atoms with van der Waals surface area (Å²) in [6, 6.07) is 13.5. The normalized spacial score (nSPS) is 12.0. The standard InChI is InChI=1S/C17H20O3/c1-12-8-9-16(19-3)14(10-12)11-20-17-7-5-4-6-15(17)13(2)18/h4-10,13,18H,11H2,1-3H3/t13-/m0/s1. The van der Waals surface area contributed by atoms with Crippen LogP contribution in [0, 0.1) is 6.92 Å². The molecule has 0 saturated heterocycles. The summed E-state index contributed by atoms with van der Waals surface area (Å²) in [4.78, 5) is 0. The summed E-state index contributed by atoms with van der Waals surface area (Å²) in [6.45, 7) is 4.18. The van der Waals surface area contributed by atoms with Gasteiger partial charge in [-0.2, -0.15) is 0 Å². The van der Waals surface area contributed by atoms with Crippen molar-refractivity contribution >= 4 is 0 Å². The third kappa shape index (κ3) is 3.31. The molecule has 106 valence electrons. The van der Waals surface area contributed by atoms with Crippen LogP contribution in [0.3, 0.4) is 0 Å². The number of benzene rings is 2. The summed E-state index contributed by atoms with van der Waals surface area (Å²) in [6.07, 6.45) is -0.550. The van der Waals surface area contributed by atoms with Gasteiger partial charge in [0.15, 0.2) is 0 Å². The molecule has 2 rings (SSSR count). The first-order valence-electron chi connectivity index (χ1n) is 6.65. The van der Waals surface area contributed by atoms with E-state index in [0.717, 1.165) is 22.4 Å². The van der Waals surface area contributed by atoms with Crippen molar-refractivity contribution in [3.63, 3.8) is 0 Å². The molecule has 0 amide bonds. The van der Waals surface area contributed by atoms with Crippen LogP contribution in [0.25, 0.3) is 0 Å². The van der Waals surface area contributed by atoms with E-state index in [1.54, 1.807) is 14.0 Å². The monoisotopic (exact) mass is 272 g/mol. The van der Waals surface area contributed by atoms with Crippen molar-refractivity contribution in [2.75, 3.05) is 7.11 Å². The molecule has 0 aliphatic carbocycles. The number of ether oxygens (including phenoxy) is 2. The topological polar surface area (TPSA) is 38.7 Å². The number of methoxy groups -OCH3 is 1. The molecule has 3 nitrogen and oxygen atoms in total. The molecular formula is C17H20O3. The molecular weight excluding hydrogens is 252 g/mol. The number of hydrogen-bond donors (Lipinski definition) is 1. The predicted octanol–water partition coefficient (Wildman–Crippen LogP) is 3.64. The molecule has 2 aromatic rings. The van der Waals surface area contributed by atoms with Crippen molar-refractivity contribution in [2.45, 2.75) is 26.6 Å². The van der Waals surface area contributed by atoms with Crippen LogP contribution in [0.5, 0.6) is 11.5 Å². The Kier molecular flexibility index (Phi) is 4.64. The van der Waals surface area contributed by atoms with Crippen molar-refractivity contribution in [1.82, 2.24) is 0 Å². The second-order valence-electron chi connectivity index (χ2n) is 4.82. The molecule has 0 bridgehead atoms. The molecule has 0 aromatic heterocycles. The Hall–Kier alpha value is -2.00. The molecule has 0 spiro atoms. The zero-order valence-electron chi connectivity index (χ0n) is 12.1. The summed E-state index contributed by atoms with van der Waals surface area (Å²) < 4.78 is 11.2. The van der Waals surface area contributed by atoms with Gasteiger partial charge in [0.25, 0.3) is 0 Å². The number of rotatable bonds is 5. The Balaban J connectivity index is 2.19. The maximum atomic E-state index is 9.74. The maximum Gasteiger partial charge on any atom is 0.125 e. The fourth-order valence-electron chi connectivity index (χ4n) is 2.13. The molecule has 20 heavy (non-hydrogen) atoms. The molecule has 0 aliphatic rings. The summed E-state index contributed by atoms with van der Waals surface area (Å²) in [5, 5.41) is 9.74. The lowest BCUT2D eigenvalue weighted by Gasteiger charge is -2.15. The van der Waals surface area contributed by atoms with Gasteiger partial charge >= 0.3 is 0 Å². The molecule has 0 saturated carbocycles. The molecule has 0 radical (unpaired) electrons. The van der Waals surface area contributed by atoms with Gasteiger partial charge in [0.1, 0.15) is 18.1 Å². The average Bonchev–Trinajstić information content (AvgIpc) is 2.45. The van der Waals surface area contributed by atoms with Gasteiger partial charge in [0, 0.05) is 11.1 Å². The Morgan fingerprint density at radius 3 is 2.55 bits per heavy atom. The van der Waals surface area contributed by atoms with Gasteiger partial charge in [0.05, 0.1) is 13.2 Å². The van der Waals surface area contributed by atoms with Crippen LogP contribution in [0.2, 0.25) is 0 Å². The van der Waals surface area contributed by atoms with Crippen molar-refractivity contribution in [2.24, 2.45) is 0 Å². The number of hydrogen-bond acceptors (Lipinski definition) is 3. The fourth-order valence-corrected chi connectivity index (χ4v) is 2.13. The van der Waals surface area contributed by atoms with E-state index in [-0.39, 0.29) is 0 Å². The van der Waals surface area contributed by atoms with E-state index in [2.05, 4.69) is 0 Å². The van der Waals surface area contributed by atoms with Gasteiger partial charge in [0.2, 0.25) is 0 Å². The van der Waals surface area contributed by atoms with Crippen molar-refractivity contribution in [1.29, 1.82) is 0 Å². The van der Waals surface area contributed by atoms with Crippen LogP contribution in [0.4, 0.5) is 0 Å². The smallest absolute Gasteiger partial charge is 0.125 e. The third-order valence-corrected chi connectivity index (χ3v) is 3.19. The molecule has 1 N–H and O–H groups in total. The highest BCUT2D eigenvalue weighted by molar-refractivity contribution is 5.38. The lowest BCUT2D eigenvalue weighted by atomic mass is 10.1. The minimum Gasteiger partial charge on any atom is -0.496 e. The van der Waals surface area contributed by atoms with Crippen molar-refractivity contribution < 1.29 is 14.6 Å². The summed E-state index contributed by atoms with van der Waals surface area (Å²) in [5.41, 5.74) is 2.94. The van der Waals surface area contributed by atoms with Crippen LogP contribution >= 0.6 is 0 Å². The molecule has 0 heterocycles. The Morgan fingerprint density at radius 2 is 1.85 bits per heavy atom. The summed E-state index contributed by atoms with van der Waals surface area (Å²) in [7, 11) is 1.65. The van der Waals surface area contributed by atoms with E-state index < -0.39 is 6.10 Å². The summed E-state index contributed by atoms with van der Waals surface area (Å²) in [5.74, 6) is 1.51. The molecule has 1 atom stereocenters. The van der Waals surface area contributed by atoms with E-state index in [4.69, 9.17) is 9.47 Å². The first kappa shape index (κ1) is 14.4. The van der Waals surface area contributed by atoms with Gasteiger partial charge in [-0.3, -0.25) is 0 Å². The minimum atomic E-state index is -0.550. The van der Waals surface area contributed by atoms with E-state index in [1.165, 1.54) is 0 Å². The van der Waals surface area contributed by atoms with Crippen LogP contribution < -0.4 is 9.47 Å². The predicted molar refractivity (Wildman–Crippen MR) is 79.1 cm³/mol. The van der Waals surface area contributed by atoms with Crippen LogP contribution in [0.1, 0.15) is 29.7 Å². The number of para-hydroxylation sites is 1. The Morgan fingerprint density at radius 1 is 1.10 bits per heavy atom. The lowest BCUT2D eigenvalue weighted by molar-refractivity contribution is 0.190. The third-order valence-electron chi connectivity index (χ3n) is 3.19. The zero-order chi connectivity index (χ0) is 14.5. The van der Waals surface area contributed by atoms with Gasteiger partial charge in [-0.25, -0.2) is 0 Å². The van der Waals surface area contributed by atoms with E-state index >= 15 is 0 Å². The maximum absolute atomic E-state index is 9.74. The largest absolute Gasteiger partial charge is 0.496 e. The quantitative estimate of drug-likeness (QED) is 0.903.